The Morgan fingerprint density at radius 1 is 1.45 bits per heavy atom. The van der Waals surface area contributed by atoms with Gasteiger partial charge in [-0.2, -0.15) is 0 Å². The van der Waals surface area contributed by atoms with Gasteiger partial charge < -0.3 is 0 Å². The Morgan fingerprint density at radius 2 is 2.09 bits per heavy atom. The highest BCUT2D eigenvalue weighted by molar-refractivity contribution is 7.09. The predicted octanol–water partition coefficient (Wildman–Crippen LogP) is 1.69. The van der Waals surface area contributed by atoms with Crippen molar-refractivity contribution in [3.8, 4) is 0 Å². The molecule has 1 aromatic rings. The fraction of sp³-hybridized carbons (Fsp3) is 0.625. The van der Waals surface area contributed by atoms with Crippen molar-refractivity contribution in [2.75, 3.05) is 0 Å². The van der Waals surface area contributed by atoms with Crippen molar-refractivity contribution in [3.05, 3.63) is 16.1 Å². The van der Waals surface area contributed by atoms with Crippen LogP contribution in [0.15, 0.2) is 5.38 Å². The Hall–Kier alpha value is -0.153. The maximum atomic E-state index is 4.56. The number of hydrogen-bond acceptors (Lipinski definition) is 2. The molecular formula is C8H15NSSi. The first kappa shape index (κ1) is 8.94. The summed E-state index contributed by atoms with van der Waals surface area (Å²) in [5, 5.41) is 3.48. The minimum Gasteiger partial charge on any atom is -0.246 e. The van der Waals surface area contributed by atoms with E-state index in [0.717, 1.165) is 0 Å². The highest BCUT2D eigenvalue weighted by atomic mass is 32.1. The molecule has 0 aliphatic rings. The zero-order valence-corrected chi connectivity index (χ0v) is 10.4. The molecule has 1 unspecified atom stereocenters. The molecule has 0 saturated heterocycles. The average molecular weight is 185 g/mol. The van der Waals surface area contributed by atoms with E-state index in [0.29, 0.717) is 11.5 Å². The monoisotopic (exact) mass is 185 g/mol. The van der Waals surface area contributed by atoms with Crippen LogP contribution in [0.1, 0.15) is 42.9 Å². The molecule has 1 nitrogen and oxygen atoms in total. The first-order chi connectivity index (χ1) is 5.11. The normalized spacial score (nSPS) is 14.2. The Bertz CT molecular complexity index is 207. The van der Waals surface area contributed by atoms with E-state index in [2.05, 4.69) is 31.1 Å². The Kier molecular flexibility index (Phi) is 2.84. The predicted molar refractivity (Wildman–Crippen MR) is 54.6 cm³/mol. The molecule has 1 atom stereocenters. The molecule has 1 rings (SSSR count). The van der Waals surface area contributed by atoms with Crippen LogP contribution >= 0.6 is 11.3 Å². The lowest BCUT2D eigenvalue weighted by atomic mass is 10.2. The Balaban J connectivity index is 2.82. The van der Waals surface area contributed by atoms with Gasteiger partial charge in [-0.05, 0) is 5.54 Å². The van der Waals surface area contributed by atoms with E-state index >= 15 is 0 Å². The van der Waals surface area contributed by atoms with Crippen LogP contribution in [0.25, 0.3) is 0 Å². The lowest BCUT2D eigenvalue weighted by Gasteiger charge is -1.98. The van der Waals surface area contributed by atoms with Gasteiger partial charge in [0.25, 0.3) is 0 Å². The maximum Gasteiger partial charge on any atom is 0.0953 e. The summed E-state index contributed by atoms with van der Waals surface area (Å²) in [6.07, 6.45) is 0. The number of aromatic nitrogens is 1. The molecule has 0 amide bonds. The van der Waals surface area contributed by atoms with Crippen molar-refractivity contribution in [2.24, 2.45) is 0 Å². The quantitative estimate of drug-likeness (QED) is 0.639. The second kappa shape index (κ2) is 3.50. The molecule has 0 spiro atoms. The minimum atomic E-state index is 0.592. The van der Waals surface area contributed by atoms with Gasteiger partial charge >= 0.3 is 0 Å². The van der Waals surface area contributed by atoms with Crippen molar-refractivity contribution < 1.29 is 0 Å². The summed E-state index contributed by atoms with van der Waals surface area (Å²) in [6, 6.07) is 0. The molecule has 1 aromatic heterocycles. The molecule has 0 aliphatic carbocycles. The summed E-state index contributed by atoms with van der Waals surface area (Å²) in [7, 11) is 1.21. The number of rotatable bonds is 2. The van der Waals surface area contributed by atoms with Crippen LogP contribution in [-0.2, 0) is 0 Å². The molecule has 0 fully saturated rings. The topological polar surface area (TPSA) is 12.9 Å². The molecule has 1 heterocycles. The standard InChI is InChI=1S/C8H15NSSi/c1-5(2)8-9-7(4-10-8)6(3)11/h4-6H,1-3,11H3. The zero-order chi connectivity index (χ0) is 8.43. The highest BCUT2D eigenvalue weighted by Crippen LogP contribution is 2.21. The van der Waals surface area contributed by atoms with E-state index in [1.165, 1.54) is 20.9 Å². The summed E-state index contributed by atoms with van der Waals surface area (Å²) < 4.78 is 0. The van der Waals surface area contributed by atoms with Gasteiger partial charge in [-0.3, -0.25) is 0 Å². The van der Waals surface area contributed by atoms with E-state index in [1.807, 2.05) is 0 Å². The van der Waals surface area contributed by atoms with E-state index in [9.17, 15) is 0 Å². The first-order valence-corrected chi connectivity index (χ1v) is 6.10. The van der Waals surface area contributed by atoms with Gasteiger partial charge in [-0.25, -0.2) is 4.98 Å². The van der Waals surface area contributed by atoms with Gasteiger partial charge in [-0.1, -0.05) is 20.8 Å². The van der Waals surface area contributed by atoms with Crippen LogP contribution in [0.5, 0.6) is 0 Å². The van der Waals surface area contributed by atoms with Crippen molar-refractivity contribution in [1.29, 1.82) is 0 Å². The van der Waals surface area contributed by atoms with Gasteiger partial charge in [-0.15, -0.1) is 11.3 Å². The fourth-order valence-corrected chi connectivity index (χ4v) is 2.37. The lowest BCUT2D eigenvalue weighted by Crippen LogP contribution is -1.93. The van der Waals surface area contributed by atoms with E-state index in [-0.39, 0.29) is 0 Å². The first-order valence-electron chi connectivity index (χ1n) is 4.06. The molecular weight excluding hydrogens is 170 g/mol. The SMILES string of the molecule is CC(C)c1nc(C(C)[SiH3])cs1. The Labute approximate surface area is 75.3 Å². The van der Waals surface area contributed by atoms with Crippen LogP contribution in [0.3, 0.4) is 0 Å². The third-order valence-corrected chi connectivity index (χ3v) is 3.38. The molecule has 0 N–H and O–H groups in total. The average Bonchev–Trinajstić information content (AvgIpc) is 2.33. The molecule has 3 heteroatoms. The van der Waals surface area contributed by atoms with Crippen LogP contribution in [0, 0.1) is 0 Å². The van der Waals surface area contributed by atoms with Crippen LogP contribution in [-0.4, -0.2) is 15.2 Å². The van der Waals surface area contributed by atoms with E-state index < -0.39 is 0 Å². The van der Waals surface area contributed by atoms with Crippen molar-refractivity contribution >= 4 is 21.6 Å². The fourth-order valence-electron chi connectivity index (χ4n) is 0.831. The van der Waals surface area contributed by atoms with Gasteiger partial charge in [0.05, 0.1) is 10.7 Å². The van der Waals surface area contributed by atoms with Gasteiger partial charge in [0.2, 0.25) is 0 Å². The van der Waals surface area contributed by atoms with Crippen LogP contribution in [0.4, 0.5) is 0 Å². The molecule has 62 valence electrons. The van der Waals surface area contributed by atoms with Crippen molar-refractivity contribution in [3.63, 3.8) is 0 Å². The van der Waals surface area contributed by atoms with Crippen LogP contribution in [0.2, 0.25) is 0 Å². The summed E-state index contributed by atoms with van der Waals surface area (Å²) in [5.74, 6) is 0.592. The third kappa shape index (κ3) is 2.14. The number of thiazole rings is 1. The number of nitrogens with zero attached hydrogens (tertiary/aromatic N) is 1. The largest absolute Gasteiger partial charge is 0.246 e. The van der Waals surface area contributed by atoms with E-state index in [4.69, 9.17) is 0 Å². The molecule has 0 aromatic carbocycles. The minimum absolute atomic E-state index is 0.592. The summed E-state index contributed by atoms with van der Waals surface area (Å²) in [6.45, 7) is 6.63. The highest BCUT2D eigenvalue weighted by Gasteiger charge is 2.07. The van der Waals surface area contributed by atoms with Gasteiger partial charge in [0.15, 0.2) is 0 Å². The van der Waals surface area contributed by atoms with Crippen LogP contribution < -0.4 is 0 Å². The summed E-state index contributed by atoms with van der Waals surface area (Å²) in [5.41, 5.74) is 2.00. The molecule has 11 heavy (non-hydrogen) atoms. The number of hydrogen-bond donors (Lipinski definition) is 0. The summed E-state index contributed by atoms with van der Waals surface area (Å²) >= 11 is 1.80. The maximum absolute atomic E-state index is 4.56. The molecule has 0 bridgehead atoms. The lowest BCUT2D eigenvalue weighted by molar-refractivity contribution is 0.837. The Morgan fingerprint density at radius 3 is 2.36 bits per heavy atom. The second-order valence-corrected chi connectivity index (χ2v) is 6.04. The van der Waals surface area contributed by atoms with E-state index in [1.54, 1.807) is 11.3 Å². The van der Waals surface area contributed by atoms with Crippen molar-refractivity contribution in [2.45, 2.75) is 32.2 Å². The molecule has 0 aliphatic heterocycles. The zero-order valence-electron chi connectivity index (χ0n) is 7.59. The second-order valence-electron chi connectivity index (χ2n) is 3.42. The molecule has 0 radical (unpaired) electrons. The van der Waals surface area contributed by atoms with Gasteiger partial charge in [0.1, 0.15) is 0 Å². The van der Waals surface area contributed by atoms with Gasteiger partial charge in [0, 0.05) is 21.5 Å². The third-order valence-electron chi connectivity index (χ3n) is 1.63. The smallest absolute Gasteiger partial charge is 0.0953 e. The summed E-state index contributed by atoms with van der Waals surface area (Å²) in [4.78, 5) is 4.56. The van der Waals surface area contributed by atoms with Crippen molar-refractivity contribution in [1.82, 2.24) is 4.98 Å². The molecule has 0 saturated carbocycles.